The molecule has 0 atom stereocenters. The molecule has 3 amide bonds. The van der Waals surface area contributed by atoms with E-state index in [0.717, 1.165) is 16.0 Å². The lowest BCUT2D eigenvalue weighted by atomic mass is 9.98. The average Bonchev–Trinajstić information content (AvgIpc) is 2.69. The van der Waals surface area contributed by atoms with Crippen LogP contribution in [0.25, 0.3) is 0 Å². The van der Waals surface area contributed by atoms with Gasteiger partial charge >= 0.3 is 5.97 Å². The van der Waals surface area contributed by atoms with Crippen LogP contribution in [-0.2, 0) is 25.5 Å². The normalized spacial score (nSPS) is 13.1. The molecule has 0 saturated carbocycles. The first-order valence-electron chi connectivity index (χ1n) is 9.31. The second-order valence-electron chi connectivity index (χ2n) is 6.91. The predicted octanol–water partition coefficient (Wildman–Crippen LogP) is 2.40. The summed E-state index contributed by atoms with van der Waals surface area (Å²) in [7, 11) is 0. The fraction of sp³-hybridized carbons (Fsp3) is 0.273. The summed E-state index contributed by atoms with van der Waals surface area (Å²) in [4.78, 5) is 49.8. The first kappa shape index (κ1) is 20.3. The Kier molecular flexibility index (Phi) is 6.07. The molecule has 0 fully saturated rings. The van der Waals surface area contributed by atoms with Crippen molar-refractivity contribution in [3.63, 3.8) is 0 Å². The first-order valence-corrected chi connectivity index (χ1v) is 9.31. The van der Waals surface area contributed by atoms with Gasteiger partial charge in [0.25, 0.3) is 11.8 Å². The topological polar surface area (TPSA) is 92.8 Å². The van der Waals surface area contributed by atoms with Crippen molar-refractivity contribution in [2.45, 2.75) is 26.7 Å². The highest BCUT2D eigenvalue weighted by Gasteiger charge is 2.30. The Morgan fingerprint density at radius 2 is 1.72 bits per heavy atom. The summed E-state index contributed by atoms with van der Waals surface area (Å²) in [6, 6.07) is 12.5. The van der Waals surface area contributed by atoms with E-state index in [-0.39, 0.29) is 25.3 Å². The number of para-hydroxylation sites is 1. The number of carbonyl (C=O) groups excluding carboxylic acids is 4. The SMILES string of the molecule is Cc1cccc(C)c1NC(=O)COC(=O)CCN1C(=O)Cc2ccccc2C1=O. The number of nitrogens with zero attached hydrogens (tertiary/aromatic N) is 1. The van der Waals surface area contributed by atoms with E-state index in [4.69, 9.17) is 4.74 Å². The minimum Gasteiger partial charge on any atom is -0.456 e. The molecule has 0 aromatic heterocycles. The Morgan fingerprint density at radius 3 is 2.45 bits per heavy atom. The highest BCUT2D eigenvalue weighted by atomic mass is 16.5. The summed E-state index contributed by atoms with van der Waals surface area (Å²) in [5, 5.41) is 2.73. The van der Waals surface area contributed by atoms with Gasteiger partial charge in [0.15, 0.2) is 6.61 Å². The van der Waals surface area contributed by atoms with Crippen molar-refractivity contribution < 1.29 is 23.9 Å². The van der Waals surface area contributed by atoms with E-state index < -0.39 is 24.4 Å². The smallest absolute Gasteiger partial charge is 0.308 e. The molecule has 0 radical (unpaired) electrons. The third-order valence-electron chi connectivity index (χ3n) is 4.78. The van der Waals surface area contributed by atoms with E-state index in [2.05, 4.69) is 5.32 Å². The molecule has 2 aromatic rings. The molecule has 1 aliphatic heterocycles. The Morgan fingerprint density at radius 1 is 1.03 bits per heavy atom. The lowest BCUT2D eigenvalue weighted by Gasteiger charge is -2.26. The second kappa shape index (κ2) is 8.68. The van der Waals surface area contributed by atoms with Crippen LogP contribution in [0.3, 0.4) is 0 Å². The maximum Gasteiger partial charge on any atom is 0.308 e. The number of ether oxygens (including phenoxy) is 1. The highest BCUT2D eigenvalue weighted by molar-refractivity contribution is 6.09. The number of nitrogens with one attached hydrogen (secondary N) is 1. The Bertz CT molecular complexity index is 963. The zero-order valence-corrected chi connectivity index (χ0v) is 16.4. The molecule has 2 aromatic carbocycles. The average molecular weight is 394 g/mol. The number of fused-ring (bicyclic) bond motifs is 1. The van der Waals surface area contributed by atoms with E-state index in [9.17, 15) is 19.2 Å². The summed E-state index contributed by atoms with van der Waals surface area (Å²) >= 11 is 0. The number of hydrogen-bond acceptors (Lipinski definition) is 5. The van der Waals surface area contributed by atoms with Crippen LogP contribution < -0.4 is 5.32 Å². The van der Waals surface area contributed by atoms with Crippen molar-refractivity contribution in [1.82, 2.24) is 4.90 Å². The number of anilines is 1. The zero-order valence-electron chi connectivity index (χ0n) is 16.4. The highest BCUT2D eigenvalue weighted by Crippen LogP contribution is 2.20. The van der Waals surface area contributed by atoms with Gasteiger partial charge < -0.3 is 10.1 Å². The maximum absolute atomic E-state index is 12.5. The summed E-state index contributed by atoms with van der Waals surface area (Å²) < 4.78 is 4.99. The molecule has 7 nitrogen and oxygen atoms in total. The number of aryl methyl sites for hydroxylation is 2. The van der Waals surface area contributed by atoms with Crippen molar-refractivity contribution in [3.05, 3.63) is 64.7 Å². The molecule has 7 heteroatoms. The molecule has 150 valence electrons. The molecular weight excluding hydrogens is 372 g/mol. The van der Waals surface area contributed by atoms with Crippen molar-refractivity contribution >= 4 is 29.4 Å². The lowest BCUT2D eigenvalue weighted by Crippen LogP contribution is -2.43. The van der Waals surface area contributed by atoms with E-state index in [1.165, 1.54) is 0 Å². The fourth-order valence-corrected chi connectivity index (χ4v) is 3.23. The molecule has 0 spiro atoms. The summed E-state index contributed by atoms with van der Waals surface area (Å²) in [5.41, 5.74) is 3.66. The molecule has 1 aliphatic rings. The second-order valence-corrected chi connectivity index (χ2v) is 6.91. The monoisotopic (exact) mass is 394 g/mol. The molecule has 3 rings (SSSR count). The maximum atomic E-state index is 12.5. The fourth-order valence-electron chi connectivity index (χ4n) is 3.23. The van der Waals surface area contributed by atoms with Gasteiger partial charge in [0.1, 0.15) is 0 Å². The molecule has 0 aliphatic carbocycles. The largest absolute Gasteiger partial charge is 0.456 e. The summed E-state index contributed by atoms with van der Waals surface area (Å²) in [5.74, 6) is -1.87. The minimum atomic E-state index is -0.652. The van der Waals surface area contributed by atoms with Gasteiger partial charge in [-0.1, -0.05) is 36.4 Å². The van der Waals surface area contributed by atoms with Gasteiger partial charge in [-0.15, -0.1) is 0 Å². The lowest BCUT2D eigenvalue weighted by molar-refractivity contribution is -0.147. The number of hydrogen-bond donors (Lipinski definition) is 1. The van der Waals surface area contributed by atoms with E-state index >= 15 is 0 Å². The van der Waals surface area contributed by atoms with Gasteiger partial charge in [-0.3, -0.25) is 24.1 Å². The number of rotatable bonds is 6. The van der Waals surface area contributed by atoms with Gasteiger partial charge in [0, 0.05) is 17.8 Å². The van der Waals surface area contributed by atoms with Crippen LogP contribution >= 0.6 is 0 Å². The van der Waals surface area contributed by atoms with Crippen LogP contribution in [-0.4, -0.2) is 41.7 Å². The molecule has 29 heavy (non-hydrogen) atoms. The van der Waals surface area contributed by atoms with Crippen molar-refractivity contribution in [2.24, 2.45) is 0 Å². The summed E-state index contributed by atoms with van der Waals surface area (Å²) in [6.45, 7) is 3.24. The molecular formula is C22H22N2O5. The molecule has 0 saturated heterocycles. The first-order chi connectivity index (χ1) is 13.9. The number of carbonyl (C=O) groups is 4. The van der Waals surface area contributed by atoms with Crippen LogP contribution in [0.4, 0.5) is 5.69 Å². The van der Waals surface area contributed by atoms with Crippen LogP contribution in [0.2, 0.25) is 0 Å². The minimum absolute atomic E-state index is 0.0800. The number of benzene rings is 2. The standard InChI is InChI=1S/C22H22N2O5/c1-14-6-5-7-15(2)21(14)23-18(25)13-29-20(27)10-11-24-19(26)12-16-8-3-4-9-17(16)22(24)28/h3-9H,10-13H2,1-2H3,(H,23,25). The van der Waals surface area contributed by atoms with Gasteiger partial charge in [-0.05, 0) is 36.6 Å². The Balaban J connectivity index is 1.50. The van der Waals surface area contributed by atoms with Gasteiger partial charge in [-0.2, -0.15) is 0 Å². The number of imide groups is 1. The Labute approximate surface area is 168 Å². The molecule has 1 heterocycles. The van der Waals surface area contributed by atoms with Gasteiger partial charge in [0.05, 0.1) is 12.8 Å². The third kappa shape index (κ3) is 4.68. The van der Waals surface area contributed by atoms with Crippen LogP contribution in [0, 0.1) is 13.8 Å². The number of esters is 1. The zero-order chi connectivity index (χ0) is 21.0. The van der Waals surface area contributed by atoms with E-state index in [1.807, 2.05) is 32.0 Å². The quantitative estimate of drug-likeness (QED) is 0.600. The van der Waals surface area contributed by atoms with Crippen LogP contribution in [0.5, 0.6) is 0 Å². The van der Waals surface area contributed by atoms with E-state index in [1.54, 1.807) is 24.3 Å². The van der Waals surface area contributed by atoms with Gasteiger partial charge in [0.2, 0.25) is 5.91 Å². The predicted molar refractivity (Wildman–Crippen MR) is 106 cm³/mol. The van der Waals surface area contributed by atoms with Crippen LogP contribution in [0.1, 0.15) is 33.5 Å². The van der Waals surface area contributed by atoms with E-state index in [0.29, 0.717) is 16.8 Å². The third-order valence-corrected chi connectivity index (χ3v) is 4.78. The summed E-state index contributed by atoms with van der Waals surface area (Å²) in [6.07, 6.45) is -0.0501. The van der Waals surface area contributed by atoms with Gasteiger partial charge in [-0.25, -0.2) is 0 Å². The molecule has 1 N–H and O–H groups in total. The van der Waals surface area contributed by atoms with Crippen molar-refractivity contribution in [2.75, 3.05) is 18.5 Å². The van der Waals surface area contributed by atoms with Crippen molar-refractivity contribution in [3.8, 4) is 0 Å². The van der Waals surface area contributed by atoms with Crippen molar-refractivity contribution in [1.29, 1.82) is 0 Å². The molecule has 0 unspecified atom stereocenters. The van der Waals surface area contributed by atoms with Crippen LogP contribution in [0.15, 0.2) is 42.5 Å². The number of amides is 3. The molecule has 0 bridgehead atoms. The Hall–Kier alpha value is -3.48.